The van der Waals surface area contributed by atoms with Gasteiger partial charge in [-0.3, -0.25) is 19.3 Å². The smallest absolute Gasteiger partial charge is 0.294 e. The van der Waals surface area contributed by atoms with Crippen molar-refractivity contribution in [1.82, 2.24) is 9.47 Å². The zero-order chi connectivity index (χ0) is 26.0. The van der Waals surface area contributed by atoms with Crippen LogP contribution in [0.3, 0.4) is 0 Å². The lowest BCUT2D eigenvalue weighted by atomic mass is 10.2. The highest BCUT2D eigenvalue weighted by molar-refractivity contribution is 8.18. The van der Waals surface area contributed by atoms with E-state index in [0.29, 0.717) is 28.1 Å². The highest BCUT2D eigenvalue weighted by atomic mass is 35.5. The molecule has 186 valence electrons. The molecule has 3 amide bonds. The molecular weight excluding hydrogens is 521 g/mol. The van der Waals surface area contributed by atoms with Crippen LogP contribution in [0, 0.1) is 13.8 Å². The largest absolute Gasteiger partial charge is 0.494 e. The van der Waals surface area contributed by atoms with Crippen molar-refractivity contribution in [3.63, 3.8) is 0 Å². The summed E-state index contributed by atoms with van der Waals surface area (Å²) < 4.78 is 7.32. The normalized spacial score (nSPS) is 14.6. The number of hydrogen-bond donors (Lipinski definition) is 1. The molecule has 7 nitrogen and oxygen atoms in total. The van der Waals surface area contributed by atoms with E-state index in [9.17, 15) is 14.4 Å². The minimum absolute atomic E-state index is 0.242. The molecule has 1 saturated heterocycles. The first-order valence-corrected chi connectivity index (χ1v) is 12.7. The Hall–Kier alpha value is -3.20. The van der Waals surface area contributed by atoms with Gasteiger partial charge in [0.2, 0.25) is 5.91 Å². The van der Waals surface area contributed by atoms with E-state index in [1.807, 2.05) is 43.5 Å². The number of aryl methyl sites for hydroxylation is 1. The number of benzene rings is 2. The van der Waals surface area contributed by atoms with Crippen molar-refractivity contribution in [2.24, 2.45) is 0 Å². The third kappa shape index (κ3) is 5.31. The predicted octanol–water partition coefficient (Wildman–Crippen LogP) is 6.47. The molecule has 36 heavy (non-hydrogen) atoms. The van der Waals surface area contributed by atoms with Crippen molar-refractivity contribution in [3.05, 3.63) is 80.4 Å². The molecule has 0 bridgehead atoms. The number of aromatic nitrogens is 1. The van der Waals surface area contributed by atoms with Crippen LogP contribution in [-0.4, -0.2) is 39.7 Å². The third-order valence-electron chi connectivity index (χ3n) is 5.55. The molecule has 1 aliphatic rings. The van der Waals surface area contributed by atoms with Gasteiger partial charge >= 0.3 is 0 Å². The lowest BCUT2D eigenvalue weighted by Crippen LogP contribution is -2.36. The minimum atomic E-state index is -0.516. The SMILES string of the molecule is CCOc1ccc(NC(=O)CN2C(=O)S/C(=C/c3cc(C)n(-c4cccc(Cl)c4Cl)c3C)C2=O)cc1. The fourth-order valence-corrected chi connectivity index (χ4v) is 5.10. The summed E-state index contributed by atoms with van der Waals surface area (Å²) >= 11 is 13.4. The summed E-state index contributed by atoms with van der Waals surface area (Å²) in [6, 6.07) is 14.1. The van der Waals surface area contributed by atoms with Crippen LogP contribution in [-0.2, 0) is 9.59 Å². The maximum absolute atomic E-state index is 13.0. The fourth-order valence-electron chi connectivity index (χ4n) is 3.89. The summed E-state index contributed by atoms with van der Waals surface area (Å²) in [6.45, 7) is 5.85. The van der Waals surface area contributed by atoms with Gasteiger partial charge in [-0.15, -0.1) is 0 Å². The van der Waals surface area contributed by atoms with Gasteiger partial charge in [0, 0.05) is 17.1 Å². The molecule has 10 heteroatoms. The third-order valence-corrected chi connectivity index (χ3v) is 7.27. The van der Waals surface area contributed by atoms with E-state index in [2.05, 4.69) is 5.32 Å². The van der Waals surface area contributed by atoms with Crippen LogP contribution in [0.2, 0.25) is 10.0 Å². The van der Waals surface area contributed by atoms with Crippen LogP contribution in [0.1, 0.15) is 23.9 Å². The summed E-state index contributed by atoms with van der Waals surface area (Å²) in [5.41, 5.74) is 3.73. The summed E-state index contributed by atoms with van der Waals surface area (Å²) in [6.07, 6.45) is 1.66. The number of nitrogens with one attached hydrogen (secondary N) is 1. The summed E-state index contributed by atoms with van der Waals surface area (Å²) in [5, 5.41) is 3.06. The van der Waals surface area contributed by atoms with E-state index in [1.165, 1.54) is 0 Å². The number of halogens is 2. The van der Waals surface area contributed by atoms with Crippen LogP contribution in [0.4, 0.5) is 10.5 Å². The second-order valence-electron chi connectivity index (χ2n) is 8.01. The molecule has 4 rings (SSSR count). The molecule has 0 spiro atoms. The van der Waals surface area contributed by atoms with E-state index < -0.39 is 17.1 Å². The molecule has 0 aliphatic carbocycles. The Kier molecular flexibility index (Phi) is 7.78. The number of amides is 3. The van der Waals surface area contributed by atoms with Gasteiger partial charge < -0.3 is 14.6 Å². The lowest BCUT2D eigenvalue weighted by Gasteiger charge is -2.13. The number of anilines is 1. The zero-order valence-corrected chi connectivity index (χ0v) is 22.1. The molecule has 2 heterocycles. The number of ether oxygens (including phenoxy) is 1. The Morgan fingerprint density at radius 3 is 2.53 bits per heavy atom. The number of thioether (sulfide) groups is 1. The Bertz CT molecular complexity index is 1380. The Labute approximate surface area is 223 Å². The first kappa shape index (κ1) is 25.9. The Balaban J connectivity index is 1.50. The average molecular weight is 544 g/mol. The minimum Gasteiger partial charge on any atom is -0.494 e. The van der Waals surface area contributed by atoms with Gasteiger partial charge in [-0.25, -0.2) is 0 Å². The van der Waals surface area contributed by atoms with Crippen molar-refractivity contribution in [2.75, 3.05) is 18.5 Å². The molecule has 1 aromatic heterocycles. The van der Waals surface area contributed by atoms with Crippen molar-refractivity contribution < 1.29 is 19.1 Å². The summed E-state index contributed by atoms with van der Waals surface area (Å²) in [7, 11) is 0. The number of nitrogens with zero attached hydrogens (tertiary/aromatic N) is 2. The van der Waals surface area contributed by atoms with Crippen molar-refractivity contribution in [3.8, 4) is 11.4 Å². The molecule has 2 aromatic carbocycles. The molecular formula is C26H23Cl2N3O4S. The number of rotatable bonds is 7. The Morgan fingerprint density at radius 2 is 1.83 bits per heavy atom. The maximum Gasteiger partial charge on any atom is 0.294 e. The molecule has 0 unspecified atom stereocenters. The highest BCUT2D eigenvalue weighted by Crippen LogP contribution is 2.35. The van der Waals surface area contributed by atoms with Gasteiger partial charge in [-0.1, -0.05) is 29.3 Å². The van der Waals surface area contributed by atoms with E-state index in [4.69, 9.17) is 27.9 Å². The first-order valence-electron chi connectivity index (χ1n) is 11.1. The summed E-state index contributed by atoms with van der Waals surface area (Å²) in [5.74, 6) is -0.308. The highest BCUT2D eigenvalue weighted by Gasteiger charge is 2.36. The fraction of sp³-hybridized carbons (Fsp3) is 0.192. The van der Waals surface area contributed by atoms with Crippen LogP contribution >= 0.6 is 35.0 Å². The van der Waals surface area contributed by atoms with Gasteiger partial charge in [-0.05, 0) is 86.6 Å². The van der Waals surface area contributed by atoms with Gasteiger partial charge in [0.25, 0.3) is 11.1 Å². The topological polar surface area (TPSA) is 80.6 Å². The predicted molar refractivity (Wildman–Crippen MR) is 144 cm³/mol. The second-order valence-corrected chi connectivity index (χ2v) is 9.79. The first-order chi connectivity index (χ1) is 17.2. The van der Waals surface area contributed by atoms with Gasteiger partial charge in [-0.2, -0.15) is 0 Å². The van der Waals surface area contributed by atoms with Crippen LogP contribution in [0.5, 0.6) is 5.75 Å². The molecule has 1 aliphatic heterocycles. The molecule has 3 aromatic rings. The summed E-state index contributed by atoms with van der Waals surface area (Å²) in [4.78, 5) is 39.2. The molecule has 0 atom stereocenters. The van der Waals surface area contributed by atoms with Crippen molar-refractivity contribution in [2.45, 2.75) is 20.8 Å². The van der Waals surface area contributed by atoms with E-state index in [-0.39, 0.29) is 11.4 Å². The zero-order valence-electron chi connectivity index (χ0n) is 19.8. The van der Waals surface area contributed by atoms with E-state index in [1.54, 1.807) is 36.4 Å². The van der Waals surface area contributed by atoms with Crippen molar-refractivity contribution in [1.29, 1.82) is 0 Å². The number of carbonyl (C=O) groups excluding carboxylic acids is 3. The molecule has 0 saturated carbocycles. The van der Waals surface area contributed by atoms with Gasteiger partial charge in [0.15, 0.2) is 0 Å². The van der Waals surface area contributed by atoms with Crippen LogP contribution in [0.15, 0.2) is 53.4 Å². The van der Waals surface area contributed by atoms with Gasteiger partial charge in [0.1, 0.15) is 12.3 Å². The number of hydrogen-bond acceptors (Lipinski definition) is 5. The quantitative estimate of drug-likeness (QED) is 0.345. The van der Waals surface area contributed by atoms with Crippen LogP contribution < -0.4 is 10.1 Å². The average Bonchev–Trinajstić information content (AvgIpc) is 3.26. The number of imide groups is 1. The molecule has 1 N–H and O–H groups in total. The standard InChI is InChI=1S/C26H23Cl2N3O4S/c1-4-35-19-10-8-18(9-11-19)29-23(32)14-30-25(33)22(36-26(30)34)13-17-12-15(2)31(16(17)3)21-7-5-6-20(27)24(21)28/h5-13H,4,14H2,1-3H3,(H,29,32)/b22-13+. The monoisotopic (exact) mass is 543 g/mol. The Morgan fingerprint density at radius 1 is 1.11 bits per heavy atom. The van der Waals surface area contributed by atoms with Crippen LogP contribution in [0.25, 0.3) is 11.8 Å². The number of carbonyl (C=O) groups is 3. The maximum atomic E-state index is 13.0. The second kappa shape index (κ2) is 10.8. The lowest BCUT2D eigenvalue weighted by molar-refractivity contribution is -0.127. The molecule has 0 radical (unpaired) electrons. The van der Waals surface area contributed by atoms with E-state index >= 15 is 0 Å². The molecule has 1 fully saturated rings. The van der Waals surface area contributed by atoms with Gasteiger partial charge in [0.05, 0.1) is 27.2 Å². The van der Waals surface area contributed by atoms with E-state index in [0.717, 1.165) is 39.3 Å². The van der Waals surface area contributed by atoms with Crippen molar-refractivity contribution >= 4 is 63.8 Å².